The first-order valence-electron chi connectivity index (χ1n) is 5.13. The van der Waals surface area contributed by atoms with Gasteiger partial charge in [-0.1, -0.05) is 6.92 Å². The number of hydrogen-bond donors (Lipinski definition) is 3. The van der Waals surface area contributed by atoms with Gasteiger partial charge in [0, 0.05) is 30.5 Å². The molecule has 6 heteroatoms. The summed E-state index contributed by atoms with van der Waals surface area (Å²) in [5.74, 6) is 0.871. The van der Waals surface area contributed by atoms with Gasteiger partial charge < -0.3 is 16.2 Å². The first kappa shape index (κ1) is 12.4. The maximum Gasteiger partial charge on any atom is 0.202 e. The number of aromatic nitrogens is 2. The van der Waals surface area contributed by atoms with Crippen molar-refractivity contribution in [1.29, 1.82) is 0 Å². The van der Waals surface area contributed by atoms with Gasteiger partial charge in [0.2, 0.25) is 5.13 Å². The van der Waals surface area contributed by atoms with Crippen LogP contribution in [0.4, 0.5) is 5.13 Å². The zero-order chi connectivity index (χ0) is 11.3. The highest BCUT2D eigenvalue weighted by Crippen LogP contribution is 2.11. The van der Waals surface area contributed by atoms with Gasteiger partial charge in [-0.05, 0) is 13.3 Å². The van der Waals surface area contributed by atoms with Crippen molar-refractivity contribution in [2.75, 3.05) is 11.9 Å². The van der Waals surface area contributed by atoms with E-state index < -0.39 is 6.10 Å². The van der Waals surface area contributed by atoms with E-state index in [1.54, 1.807) is 6.92 Å². The molecule has 0 saturated carbocycles. The van der Waals surface area contributed by atoms with Gasteiger partial charge in [-0.25, -0.2) is 4.98 Å². The minimum absolute atomic E-state index is 0.275. The summed E-state index contributed by atoms with van der Waals surface area (Å²) in [6.07, 6.45) is 1.44. The number of aliphatic hydroxyl groups excluding tert-OH is 1. The molecule has 1 rings (SSSR count). The van der Waals surface area contributed by atoms with Crippen molar-refractivity contribution < 1.29 is 5.11 Å². The molecule has 1 heterocycles. The molecular formula is C9H18N4OS. The van der Waals surface area contributed by atoms with E-state index in [-0.39, 0.29) is 6.04 Å². The predicted octanol–water partition coefficient (Wildman–Crippen LogP) is 0.611. The maximum absolute atomic E-state index is 9.19. The van der Waals surface area contributed by atoms with Gasteiger partial charge in [-0.15, -0.1) is 0 Å². The monoisotopic (exact) mass is 230 g/mol. The molecule has 0 aromatic carbocycles. The van der Waals surface area contributed by atoms with Crippen molar-refractivity contribution in [2.45, 2.75) is 38.8 Å². The Bertz CT molecular complexity index is 289. The van der Waals surface area contributed by atoms with Gasteiger partial charge >= 0.3 is 0 Å². The molecule has 0 amide bonds. The van der Waals surface area contributed by atoms with Gasteiger partial charge in [0.1, 0.15) is 5.82 Å². The minimum atomic E-state index is -0.513. The van der Waals surface area contributed by atoms with Gasteiger partial charge in [0.05, 0.1) is 6.10 Å². The van der Waals surface area contributed by atoms with Crippen molar-refractivity contribution in [3.63, 3.8) is 0 Å². The van der Waals surface area contributed by atoms with Crippen LogP contribution in [0.5, 0.6) is 0 Å². The molecule has 1 aromatic rings. The van der Waals surface area contributed by atoms with Crippen molar-refractivity contribution >= 4 is 16.7 Å². The van der Waals surface area contributed by atoms with E-state index >= 15 is 0 Å². The highest BCUT2D eigenvalue weighted by Gasteiger charge is 2.10. The Labute approximate surface area is 93.9 Å². The zero-order valence-corrected chi connectivity index (χ0v) is 9.92. The fourth-order valence-electron chi connectivity index (χ4n) is 1.03. The second-order valence-electron chi connectivity index (χ2n) is 3.55. The van der Waals surface area contributed by atoms with Crippen molar-refractivity contribution in [3.8, 4) is 0 Å². The van der Waals surface area contributed by atoms with E-state index in [1.807, 2.05) is 0 Å². The summed E-state index contributed by atoms with van der Waals surface area (Å²) in [7, 11) is 0. The van der Waals surface area contributed by atoms with Crippen LogP contribution in [-0.4, -0.2) is 33.2 Å². The molecule has 5 nitrogen and oxygen atoms in total. The molecule has 15 heavy (non-hydrogen) atoms. The van der Waals surface area contributed by atoms with Crippen LogP contribution < -0.4 is 11.1 Å². The van der Waals surface area contributed by atoms with Gasteiger partial charge in [-0.3, -0.25) is 0 Å². The molecule has 0 aliphatic rings. The Morgan fingerprint density at radius 1 is 1.60 bits per heavy atom. The lowest BCUT2D eigenvalue weighted by Gasteiger charge is -2.14. The Hall–Kier alpha value is -0.720. The Morgan fingerprint density at radius 3 is 2.93 bits per heavy atom. The summed E-state index contributed by atoms with van der Waals surface area (Å²) in [6, 6.07) is -0.275. The molecule has 0 spiro atoms. The number of anilines is 1. The quantitative estimate of drug-likeness (QED) is 0.667. The average molecular weight is 230 g/mol. The molecule has 2 unspecified atom stereocenters. The summed E-state index contributed by atoms with van der Waals surface area (Å²) in [5, 5.41) is 13.0. The van der Waals surface area contributed by atoms with Gasteiger partial charge in [0.15, 0.2) is 0 Å². The van der Waals surface area contributed by atoms with Crippen LogP contribution in [-0.2, 0) is 6.42 Å². The molecule has 4 N–H and O–H groups in total. The second-order valence-corrected chi connectivity index (χ2v) is 4.30. The molecule has 0 aliphatic heterocycles. The highest BCUT2D eigenvalue weighted by atomic mass is 32.1. The van der Waals surface area contributed by atoms with Crippen LogP contribution in [0, 0.1) is 0 Å². The molecule has 86 valence electrons. The molecule has 2 atom stereocenters. The molecule has 1 aromatic heterocycles. The highest BCUT2D eigenvalue weighted by molar-refractivity contribution is 7.09. The molecule has 0 saturated heterocycles. The number of nitrogens with two attached hydrogens (primary N) is 1. The van der Waals surface area contributed by atoms with Crippen molar-refractivity contribution in [2.24, 2.45) is 5.73 Å². The fourth-order valence-corrected chi connectivity index (χ4v) is 1.64. The van der Waals surface area contributed by atoms with Crippen LogP contribution in [0.3, 0.4) is 0 Å². The fraction of sp³-hybridized carbons (Fsp3) is 0.778. The van der Waals surface area contributed by atoms with Crippen molar-refractivity contribution in [1.82, 2.24) is 9.36 Å². The first-order valence-corrected chi connectivity index (χ1v) is 5.91. The lowest BCUT2D eigenvalue weighted by molar-refractivity contribution is 0.168. The van der Waals surface area contributed by atoms with E-state index in [0.29, 0.717) is 6.54 Å². The van der Waals surface area contributed by atoms with Crippen LogP contribution in [0.15, 0.2) is 0 Å². The van der Waals surface area contributed by atoms with Crippen LogP contribution in [0.1, 0.15) is 26.1 Å². The van der Waals surface area contributed by atoms with Gasteiger partial charge in [-0.2, -0.15) is 4.37 Å². The maximum atomic E-state index is 9.19. The summed E-state index contributed by atoms with van der Waals surface area (Å²) < 4.78 is 4.19. The molecule has 0 radical (unpaired) electrons. The predicted molar refractivity (Wildman–Crippen MR) is 62.0 cm³/mol. The van der Waals surface area contributed by atoms with Crippen LogP contribution in [0.2, 0.25) is 0 Å². The molecular weight excluding hydrogens is 212 g/mol. The SMILES string of the molecule is CCCc1nsc(NCC(N)C(C)O)n1. The minimum Gasteiger partial charge on any atom is -0.392 e. The van der Waals surface area contributed by atoms with Gasteiger partial charge in [0.25, 0.3) is 0 Å². The number of hydrogen-bond acceptors (Lipinski definition) is 6. The van der Waals surface area contributed by atoms with E-state index in [4.69, 9.17) is 5.73 Å². The third-order valence-corrected chi connectivity index (χ3v) is 2.76. The molecule has 0 bridgehead atoms. The number of aliphatic hydroxyl groups is 1. The third kappa shape index (κ3) is 4.11. The Balaban J connectivity index is 2.37. The number of nitrogens with zero attached hydrogens (tertiary/aromatic N) is 2. The normalized spacial score (nSPS) is 14.9. The summed E-state index contributed by atoms with van der Waals surface area (Å²) in [4.78, 5) is 4.29. The lowest BCUT2D eigenvalue weighted by Crippen LogP contribution is -2.38. The first-order chi connectivity index (χ1) is 7.13. The summed E-state index contributed by atoms with van der Waals surface area (Å²) in [6.45, 7) is 4.28. The summed E-state index contributed by atoms with van der Waals surface area (Å²) >= 11 is 1.33. The average Bonchev–Trinajstić information content (AvgIpc) is 2.62. The topological polar surface area (TPSA) is 84.1 Å². The lowest BCUT2D eigenvalue weighted by atomic mass is 10.2. The van der Waals surface area contributed by atoms with E-state index in [9.17, 15) is 5.11 Å². The van der Waals surface area contributed by atoms with Crippen LogP contribution in [0.25, 0.3) is 0 Å². The van der Waals surface area contributed by atoms with E-state index in [0.717, 1.165) is 23.8 Å². The standard InChI is InChI=1S/C9H18N4OS/c1-3-4-8-12-9(15-13-8)11-5-7(10)6(2)14/h6-7,14H,3-5,10H2,1-2H3,(H,11,12,13). The molecule has 0 aliphatic carbocycles. The summed E-state index contributed by atoms with van der Waals surface area (Å²) in [5.41, 5.74) is 5.67. The van der Waals surface area contributed by atoms with Crippen molar-refractivity contribution in [3.05, 3.63) is 5.82 Å². The second kappa shape index (κ2) is 5.99. The van der Waals surface area contributed by atoms with E-state index in [2.05, 4.69) is 21.6 Å². The smallest absolute Gasteiger partial charge is 0.202 e. The number of aryl methyl sites for hydroxylation is 1. The van der Waals surface area contributed by atoms with E-state index in [1.165, 1.54) is 11.5 Å². The Morgan fingerprint density at radius 2 is 2.33 bits per heavy atom. The zero-order valence-electron chi connectivity index (χ0n) is 9.10. The van der Waals surface area contributed by atoms with Crippen LogP contribution >= 0.6 is 11.5 Å². The number of nitrogens with one attached hydrogen (secondary N) is 1. The third-order valence-electron chi connectivity index (χ3n) is 2.05. The number of rotatable bonds is 6. The molecule has 0 fully saturated rings. The Kier molecular flexibility index (Phi) is 4.93. The largest absolute Gasteiger partial charge is 0.392 e.